The highest BCUT2D eigenvalue weighted by molar-refractivity contribution is 14.0. The van der Waals surface area contributed by atoms with Gasteiger partial charge in [-0.15, -0.1) is 24.0 Å². The van der Waals surface area contributed by atoms with E-state index >= 15 is 0 Å². The van der Waals surface area contributed by atoms with Crippen LogP contribution in [0.5, 0.6) is 0 Å². The molecule has 1 saturated carbocycles. The van der Waals surface area contributed by atoms with Gasteiger partial charge in [0.25, 0.3) is 0 Å². The predicted molar refractivity (Wildman–Crippen MR) is 106 cm³/mol. The van der Waals surface area contributed by atoms with Crippen LogP contribution in [0.3, 0.4) is 0 Å². The van der Waals surface area contributed by atoms with Crippen molar-refractivity contribution in [2.45, 2.75) is 39.0 Å². The maximum absolute atomic E-state index is 4.49. The van der Waals surface area contributed by atoms with Crippen molar-refractivity contribution in [3.8, 4) is 0 Å². The molecule has 5 heteroatoms. The molecule has 2 heterocycles. The van der Waals surface area contributed by atoms with Gasteiger partial charge in [0.2, 0.25) is 0 Å². The van der Waals surface area contributed by atoms with Gasteiger partial charge in [0, 0.05) is 38.6 Å². The Kier molecular flexibility index (Phi) is 7.11. The summed E-state index contributed by atoms with van der Waals surface area (Å²) in [5, 5.41) is 3.53. The standard InChI is InChI=1S/C18H28N4.HI/c1-14-7-8-15(11-21-14)9-10-20-18(19-2)22-12-16-5-3-4-6-17(16)13-22;/h7-8,11,16-17H,3-6,9-10,12-13H2,1-2H3,(H,19,20);1H. The molecule has 1 aromatic rings. The Hall–Kier alpha value is -0.850. The fraction of sp³-hybridized carbons (Fsp3) is 0.667. The number of halogens is 1. The second-order valence-corrected chi connectivity index (χ2v) is 6.74. The highest BCUT2D eigenvalue weighted by Gasteiger charge is 2.35. The summed E-state index contributed by atoms with van der Waals surface area (Å²) in [5.41, 5.74) is 2.36. The van der Waals surface area contributed by atoms with Gasteiger partial charge in [-0.25, -0.2) is 0 Å². The second-order valence-electron chi connectivity index (χ2n) is 6.74. The van der Waals surface area contributed by atoms with Gasteiger partial charge in [0.15, 0.2) is 5.96 Å². The Labute approximate surface area is 157 Å². The summed E-state index contributed by atoms with van der Waals surface area (Å²) in [6, 6.07) is 4.24. The quantitative estimate of drug-likeness (QED) is 0.457. The number of pyridine rings is 1. The number of nitrogens with zero attached hydrogens (tertiary/aromatic N) is 3. The van der Waals surface area contributed by atoms with Crippen molar-refractivity contribution >= 4 is 29.9 Å². The summed E-state index contributed by atoms with van der Waals surface area (Å²) < 4.78 is 0. The van der Waals surface area contributed by atoms with Crippen LogP contribution in [0.15, 0.2) is 23.3 Å². The molecule has 128 valence electrons. The third kappa shape index (κ3) is 4.81. The van der Waals surface area contributed by atoms with E-state index in [0.717, 1.165) is 36.5 Å². The van der Waals surface area contributed by atoms with Crippen molar-refractivity contribution in [2.75, 3.05) is 26.7 Å². The van der Waals surface area contributed by atoms with Crippen molar-refractivity contribution in [1.82, 2.24) is 15.2 Å². The second kappa shape index (κ2) is 8.85. The lowest BCUT2D eigenvalue weighted by Gasteiger charge is -2.22. The Morgan fingerprint density at radius 1 is 1.26 bits per heavy atom. The largest absolute Gasteiger partial charge is 0.356 e. The molecule has 1 aromatic heterocycles. The SMILES string of the molecule is CN=C(NCCc1ccc(C)nc1)N1CC2CCCCC2C1.I. The van der Waals surface area contributed by atoms with E-state index < -0.39 is 0 Å². The highest BCUT2D eigenvalue weighted by Crippen LogP contribution is 2.35. The summed E-state index contributed by atoms with van der Waals surface area (Å²) in [7, 11) is 1.90. The zero-order valence-corrected chi connectivity index (χ0v) is 16.6. The topological polar surface area (TPSA) is 40.5 Å². The zero-order valence-electron chi connectivity index (χ0n) is 14.3. The minimum absolute atomic E-state index is 0. The van der Waals surface area contributed by atoms with Crippen LogP contribution in [0.4, 0.5) is 0 Å². The Morgan fingerprint density at radius 2 is 1.96 bits per heavy atom. The van der Waals surface area contributed by atoms with E-state index in [-0.39, 0.29) is 24.0 Å². The lowest BCUT2D eigenvalue weighted by molar-refractivity contribution is 0.299. The van der Waals surface area contributed by atoms with Crippen LogP contribution in [-0.4, -0.2) is 42.5 Å². The van der Waals surface area contributed by atoms with Crippen LogP contribution >= 0.6 is 24.0 Å². The number of nitrogens with one attached hydrogen (secondary N) is 1. The van der Waals surface area contributed by atoms with E-state index in [2.05, 4.69) is 32.3 Å². The number of hydrogen-bond donors (Lipinski definition) is 1. The van der Waals surface area contributed by atoms with Gasteiger partial charge in [0.1, 0.15) is 0 Å². The molecule has 0 spiro atoms. The van der Waals surface area contributed by atoms with Crippen LogP contribution < -0.4 is 5.32 Å². The normalized spacial score (nSPS) is 24.1. The van der Waals surface area contributed by atoms with E-state index in [1.54, 1.807) is 0 Å². The minimum atomic E-state index is 0. The maximum atomic E-state index is 4.49. The van der Waals surface area contributed by atoms with Crippen LogP contribution in [0.25, 0.3) is 0 Å². The first kappa shape index (κ1) is 18.5. The van der Waals surface area contributed by atoms with Gasteiger partial charge >= 0.3 is 0 Å². The summed E-state index contributed by atoms with van der Waals surface area (Å²) >= 11 is 0. The third-order valence-corrected chi connectivity index (χ3v) is 5.16. The summed E-state index contributed by atoms with van der Waals surface area (Å²) in [5.74, 6) is 2.87. The third-order valence-electron chi connectivity index (χ3n) is 5.16. The van der Waals surface area contributed by atoms with Gasteiger partial charge < -0.3 is 10.2 Å². The summed E-state index contributed by atoms with van der Waals surface area (Å²) in [4.78, 5) is 11.3. The molecular weight excluding hydrogens is 399 g/mol. The van der Waals surface area contributed by atoms with Crippen molar-refractivity contribution in [2.24, 2.45) is 16.8 Å². The molecule has 0 bridgehead atoms. The first-order valence-electron chi connectivity index (χ1n) is 8.63. The van der Waals surface area contributed by atoms with Gasteiger partial charge in [-0.1, -0.05) is 18.9 Å². The molecule has 2 aliphatic rings. The van der Waals surface area contributed by atoms with E-state index in [0.29, 0.717) is 0 Å². The molecule has 2 fully saturated rings. The average Bonchev–Trinajstić information content (AvgIpc) is 2.97. The number of aromatic nitrogens is 1. The van der Waals surface area contributed by atoms with Crippen LogP contribution in [0, 0.1) is 18.8 Å². The lowest BCUT2D eigenvalue weighted by atomic mass is 9.82. The van der Waals surface area contributed by atoms with Crippen molar-refractivity contribution < 1.29 is 0 Å². The van der Waals surface area contributed by atoms with Crippen LogP contribution in [0.1, 0.15) is 36.9 Å². The molecule has 1 saturated heterocycles. The van der Waals surface area contributed by atoms with E-state index in [1.807, 2.05) is 20.2 Å². The minimum Gasteiger partial charge on any atom is -0.356 e. The van der Waals surface area contributed by atoms with Crippen molar-refractivity contribution in [1.29, 1.82) is 0 Å². The van der Waals surface area contributed by atoms with E-state index in [4.69, 9.17) is 0 Å². The van der Waals surface area contributed by atoms with Crippen LogP contribution in [0.2, 0.25) is 0 Å². The predicted octanol–water partition coefficient (Wildman–Crippen LogP) is 3.25. The molecule has 23 heavy (non-hydrogen) atoms. The van der Waals surface area contributed by atoms with Crippen LogP contribution in [-0.2, 0) is 6.42 Å². The highest BCUT2D eigenvalue weighted by atomic mass is 127. The Morgan fingerprint density at radius 3 is 2.52 bits per heavy atom. The molecule has 2 unspecified atom stereocenters. The molecule has 3 rings (SSSR count). The molecule has 1 aliphatic carbocycles. The van der Waals surface area contributed by atoms with Gasteiger partial charge in [0.05, 0.1) is 0 Å². The molecule has 4 nitrogen and oxygen atoms in total. The fourth-order valence-corrected chi connectivity index (χ4v) is 3.88. The number of aliphatic imine (C=N–C) groups is 1. The molecule has 1 N–H and O–H groups in total. The van der Waals surface area contributed by atoms with Gasteiger partial charge in [-0.2, -0.15) is 0 Å². The monoisotopic (exact) mass is 428 g/mol. The first-order chi connectivity index (χ1) is 10.8. The number of likely N-dealkylation sites (tertiary alicyclic amines) is 1. The number of hydrogen-bond acceptors (Lipinski definition) is 2. The number of guanidine groups is 1. The average molecular weight is 428 g/mol. The van der Waals surface area contributed by atoms with Gasteiger partial charge in [-0.05, 0) is 49.7 Å². The Balaban J connectivity index is 0.00000192. The zero-order chi connectivity index (χ0) is 15.4. The molecular formula is C18H29IN4. The van der Waals surface area contributed by atoms with Crippen molar-refractivity contribution in [3.63, 3.8) is 0 Å². The number of rotatable bonds is 3. The molecule has 2 atom stereocenters. The Bertz CT molecular complexity index is 500. The molecule has 0 aromatic carbocycles. The lowest BCUT2D eigenvalue weighted by Crippen LogP contribution is -2.41. The molecule has 0 radical (unpaired) electrons. The maximum Gasteiger partial charge on any atom is 0.193 e. The fourth-order valence-electron chi connectivity index (χ4n) is 3.88. The molecule has 0 amide bonds. The summed E-state index contributed by atoms with van der Waals surface area (Å²) in [6.45, 7) is 5.33. The van der Waals surface area contributed by atoms with E-state index in [1.165, 1.54) is 44.3 Å². The summed E-state index contributed by atoms with van der Waals surface area (Å²) in [6.07, 6.45) is 8.63. The number of aryl methyl sites for hydroxylation is 1. The van der Waals surface area contributed by atoms with Crippen molar-refractivity contribution in [3.05, 3.63) is 29.6 Å². The first-order valence-corrected chi connectivity index (χ1v) is 8.63. The van der Waals surface area contributed by atoms with E-state index in [9.17, 15) is 0 Å². The smallest absolute Gasteiger partial charge is 0.193 e. The van der Waals surface area contributed by atoms with Gasteiger partial charge in [-0.3, -0.25) is 9.98 Å². The molecule has 1 aliphatic heterocycles. The number of fused-ring (bicyclic) bond motifs is 1.